The van der Waals surface area contributed by atoms with E-state index in [1.807, 2.05) is 12.1 Å². The van der Waals surface area contributed by atoms with E-state index < -0.39 is 0 Å². The Kier molecular flexibility index (Phi) is 4.27. The number of nitrogens with zero attached hydrogens (tertiary/aromatic N) is 5. The molecule has 3 aromatic carbocycles. The average Bonchev–Trinajstić information content (AvgIpc) is 3.53. The van der Waals surface area contributed by atoms with Gasteiger partial charge < -0.3 is 9.47 Å². The third-order valence-electron chi connectivity index (χ3n) is 6.48. The molecule has 1 unspecified atom stereocenters. The molecule has 0 spiro atoms. The minimum absolute atomic E-state index is 0.0720. The summed E-state index contributed by atoms with van der Waals surface area (Å²) >= 11 is 0. The van der Waals surface area contributed by atoms with Crippen molar-refractivity contribution >= 4 is 32.8 Å². The van der Waals surface area contributed by atoms with Gasteiger partial charge in [0.15, 0.2) is 0 Å². The van der Waals surface area contributed by atoms with Crippen LogP contribution in [0.3, 0.4) is 0 Å². The van der Waals surface area contributed by atoms with Crippen LogP contribution in [0.5, 0.6) is 0 Å². The summed E-state index contributed by atoms with van der Waals surface area (Å²) in [5.74, 6) is 0. The van der Waals surface area contributed by atoms with Gasteiger partial charge >= 0.3 is 0 Å². The molecule has 6 rings (SSSR count). The summed E-state index contributed by atoms with van der Waals surface area (Å²) < 4.78 is 4.60. The molecule has 5 nitrogen and oxygen atoms in total. The van der Waals surface area contributed by atoms with Crippen molar-refractivity contribution in [1.82, 2.24) is 24.5 Å². The van der Waals surface area contributed by atoms with Crippen LogP contribution in [0.25, 0.3) is 32.8 Å². The lowest BCUT2D eigenvalue weighted by atomic mass is 10.2. The Hall–Kier alpha value is -3.18. The van der Waals surface area contributed by atoms with Gasteiger partial charge in [0.25, 0.3) is 0 Å². The quantitative estimate of drug-likeness (QED) is 0.417. The summed E-state index contributed by atoms with van der Waals surface area (Å²) in [6, 6.07) is 25.7. The molecule has 0 amide bonds. The van der Waals surface area contributed by atoms with E-state index >= 15 is 0 Å². The summed E-state index contributed by atoms with van der Waals surface area (Å²) in [5.41, 5.74) is 4.55. The first kappa shape index (κ1) is 17.7. The highest BCUT2D eigenvalue weighted by molar-refractivity contribution is 6.08. The number of rotatable bonds is 5. The number of hydrogen-bond donors (Lipinski definition) is 0. The van der Waals surface area contributed by atoms with Crippen molar-refractivity contribution in [1.29, 1.82) is 0 Å². The van der Waals surface area contributed by atoms with Gasteiger partial charge in [-0.05, 0) is 50.2 Å². The molecule has 0 saturated carbocycles. The Morgan fingerprint density at radius 3 is 2.03 bits per heavy atom. The third-order valence-corrected chi connectivity index (χ3v) is 6.48. The number of aromatic nitrogens is 4. The van der Waals surface area contributed by atoms with E-state index in [2.05, 4.69) is 85.1 Å². The fourth-order valence-electron chi connectivity index (χ4n) is 5.05. The van der Waals surface area contributed by atoms with Gasteiger partial charge in [-0.25, -0.2) is 4.68 Å². The summed E-state index contributed by atoms with van der Waals surface area (Å²) in [4.78, 5) is 2.58. The van der Waals surface area contributed by atoms with Crippen LogP contribution in [0.2, 0.25) is 0 Å². The normalized spacial score (nSPS) is 16.1. The van der Waals surface area contributed by atoms with E-state index in [-0.39, 0.29) is 6.17 Å². The van der Waals surface area contributed by atoms with Gasteiger partial charge in [0.1, 0.15) is 11.7 Å². The number of hydrogen-bond acceptors (Lipinski definition) is 3. The fraction of sp³-hybridized carbons (Fsp3) is 0.280. The fourth-order valence-corrected chi connectivity index (χ4v) is 5.05. The van der Waals surface area contributed by atoms with Crippen LogP contribution in [0.1, 0.15) is 25.4 Å². The summed E-state index contributed by atoms with van der Waals surface area (Å²) in [5, 5.41) is 11.7. The molecular formula is C25H25N5. The van der Waals surface area contributed by atoms with Gasteiger partial charge in [-0.15, -0.1) is 5.10 Å². The van der Waals surface area contributed by atoms with E-state index in [0.29, 0.717) is 0 Å². The standard InChI is InChI=1S/C25H25N5/c1-4-12-22-19(9-1)20-10-2-5-13-23(20)29(22)25(15-18-28-16-7-8-17-28)30-24-14-6-3-11-21(24)26-27-30/h1-6,9-14,25H,7-8,15-18H2. The number of benzene rings is 3. The molecule has 2 aromatic heterocycles. The van der Waals surface area contributed by atoms with Crippen molar-refractivity contribution in [2.24, 2.45) is 0 Å². The molecule has 5 heteroatoms. The second kappa shape index (κ2) is 7.26. The lowest BCUT2D eigenvalue weighted by molar-refractivity contribution is 0.282. The van der Waals surface area contributed by atoms with E-state index in [1.165, 1.54) is 47.7 Å². The molecule has 150 valence electrons. The molecule has 3 heterocycles. The monoisotopic (exact) mass is 395 g/mol. The molecule has 0 radical (unpaired) electrons. The number of para-hydroxylation sites is 3. The first-order valence-electron chi connectivity index (χ1n) is 10.9. The van der Waals surface area contributed by atoms with E-state index in [4.69, 9.17) is 0 Å². The lowest BCUT2D eigenvalue weighted by Crippen LogP contribution is -2.27. The minimum Gasteiger partial charge on any atom is -0.317 e. The zero-order valence-electron chi connectivity index (χ0n) is 17.0. The zero-order chi connectivity index (χ0) is 19.9. The molecule has 1 fully saturated rings. The smallest absolute Gasteiger partial charge is 0.131 e. The Labute approximate surface area is 175 Å². The second-order valence-electron chi connectivity index (χ2n) is 8.25. The van der Waals surface area contributed by atoms with Crippen molar-refractivity contribution in [3.63, 3.8) is 0 Å². The van der Waals surface area contributed by atoms with Crippen molar-refractivity contribution in [3.8, 4) is 0 Å². The highest BCUT2D eigenvalue weighted by atomic mass is 15.5. The predicted molar refractivity (Wildman–Crippen MR) is 122 cm³/mol. The Morgan fingerprint density at radius 1 is 0.733 bits per heavy atom. The minimum atomic E-state index is 0.0720. The van der Waals surface area contributed by atoms with Gasteiger partial charge in [0.05, 0.1) is 16.6 Å². The molecule has 5 aromatic rings. The third kappa shape index (κ3) is 2.81. The zero-order valence-corrected chi connectivity index (χ0v) is 17.0. The highest BCUT2D eigenvalue weighted by Gasteiger charge is 2.24. The van der Waals surface area contributed by atoms with Crippen LogP contribution in [-0.4, -0.2) is 44.1 Å². The molecule has 30 heavy (non-hydrogen) atoms. The predicted octanol–water partition coefficient (Wildman–Crippen LogP) is 5.07. The van der Waals surface area contributed by atoms with Crippen molar-refractivity contribution in [3.05, 3.63) is 72.8 Å². The molecule has 1 atom stereocenters. The van der Waals surface area contributed by atoms with Crippen molar-refractivity contribution < 1.29 is 0 Å². The molecule has 0 N–H and O–H groups in total. The summed E-state index contributed by atoms with van der Waals surface area (Å²) in [7, 11) is 0. The Morgan fingerprint density at radius 2 is 1.33 bits per heavy atom. The Bertz CT molecular complexity index is 1270. The molecule has 0 aliphatic carbocycles. The first-order valence-corrected chi connectivity index (χ1v) is 10.9. The SMILES string of the molecule is c1ccc2c(c1)nnn2C(CCN1CCCC1)n1c2ccccc2c2ccccc21. The van der Waals surface area contributed by atoms with Gasteiger partial charge in [-0.1, -0.05) is 53.7 Å². The maximum absolute atomic E-state index is 4.64. The molecule has 1 saturated heterocycles. The van der Waals surface area contributed by atoms with E-state index in [9.17, 15) is 0 Å². The molecule has 1 aliphatic heterocycles. The van der Waals surface area contributed by atoms with E-state index in [0.717, 1.165) is 24.0 Å². The maximum atomic E-state index is 4.64. The van der Waals surface area contributed by atoms with Crippen LogP contribution in [0, 0.1) is 0 Å². The van der Waals surface area contributed by atoms with Crippen LogP contribution in [-0.2, 0) is 0 Å². The van der Waals surface area contributed by atoms with Crippen LogP contribution < -0.4 is 0 Å². The largest absolute Gasteiger partial charge is 0.317 e. The molecule has 0 bridgehead atoms. The maximum Gasteiger partial charge on any atom is 0.131 e. The van der Waals surface area contributed by atoms with Gasteiger partial charge in [0, 0.05) is 23.7 Å². The van der Waals surface area contributed by atoms with Crippen molar-refractivity contribution in [2.75, 3.05) is 19.6 Å². The Balaban J connectivity index is 1.56. The molecular weight excluding hydrogens is 370 g/mol. The molecule has 1 aliphatic rings. The summed E-state index contributed by atoms with van der Waals surface area (Å²) in [6.07, 6.45) is 3.69. The second-order valence-corrected chi connectivity index (χ2v) is 8.25. The lowest BCUT2D eigenvalue weighted by Gasteiger charge is -2.25. The van der Waals surface area contributed by atoms with Gasteiger partial charge in [0.2, 0.25) is 0 Å². The summed E-state index contributed by atoms with van der Waals surface area (Å²) in [6.45, 7) is 3.48. The average molecular weight is 396 g/mol. The van der Waals surface area contributed by atoms with Crippen LogP contribution in [0.4, 0.5) is 0 Å². The first-order chi connectivity index (χ1) is 14.9. The number of fused-ring (bicyclic) bond motifs is 4. The van der Waals surface area contributed by atoms with Gasteiger partial charge in [-0.3, -0.25) is 0 Å². The topological polar surface area (TPSA) is 38.9 Å². The van der Waals surface area contributed by atoms with Crippen molar-refractivity contribution in [2.45, 2.75) is 25.4 Å². The highest BCUT2D eigenvalue weighted by Crippen LogP contribution is 2.34. The van der Waals surface area contributed by atoms with E-state index in [1.54, 1.807) is 0 Å². The number of likely N-dealkylation sites (tertiary alicyclic amines) is 1. The van der Waals surface area contributed by atoms with Crippen LogP contribution >= 0.6 is 0 Å². The van der Waals surface area contributed by atoms with Crippen LogP contribution in [0.15, 0.2) is 72.8 Å². The van der Waals surface area contributed by atoms with Gasteiger partial charge in [-0.2, -0.15) is 0 Å².